The highest BCUT2D eigenvalue weighted by Gasteiger charge is 2.17. The summed E-state index contributed by atoms with van der Waals surface area (Å²) in [4.78, 5) is 22.2. The lowest BCUT2D eigenvalue weighted by molar-refractivity contribution is -0.128. The number of aromatic nitrogens is 2. The van der Waals surface area contributed by atoms with Crippen LogP contribution in [-0.4, -0.2) is 47.5 Å². The third-order valence-electron chi connectivity index (χ3n) is 2.96. The molecule has 1 fully saturated rings. The summed E-state index contributed by atoms with van der Waals surface area (Å²) in [6, 6.07) is 1.83. The van der Waals surface area contributed by atoms with Crippen molar-refractivity contribution in [2.24, 2.45) is 0 Å². The molecular formula is C12H19N5O. The van der Waals surface area contributed by atoms with E-state index < -0.39 is 0 Å². The van der Waals surface area contributed by atoms with Crippen molar-refractivity contribution >= 4 is 17.7 Å². The third-order valence-corrected chi connectivity index (χ3v) is 2.96. The van der Waals surface area contributed by atoms with E-state index in [-0.39, 0.29) is 5.91 Å². The van der Waals surface area contributed by atoms with Crippen LogP contribution in [0.1, 0.15) is 18.5 Å². The van der Waals surface area contributed by atoms with Crippen molar-refractivity contribution in [1.82, 2.24) is 14.9 Å². The molecule has 0 unspecified atom stereocenters. The van der Waals surface area contributed by atoms with Gasteiger partial charge in [0.05, 0.1) is 6.54 Å². The molecule has 1 saturated heterocycles. The Kier molecular flexibility index (Phi) is 3.96. The largest absolute Gasteiger partial charge is 0.361 e. The number of anilines is 2. The van der Waals surface area contributed by atoms with Crippen LogP contribution in [0.25, 0.3) is 0 Å². The van der Waals surface area contributed by atoms with Gasteiger partial charge in [-0.25, -0.2) is 4.98 Å². The minimum Gasteiger partial charge on any atom is -0.361 e. The molecule has 2 rings (SSSR count). The molecule has 2 heterocycles. The molecule has 18 heavy (non-hydrogen) atoms. The summed E-state index contributed by atoms with van der Waals surface area (Å²) in [5.74, 6) is 1.38. The fraction of sp³-hybridized carbons (Fsp3) is 0.583. The van der Waals surface area contributed by atoms with Crippen LogP contribution in [-0.2, 0) is 4.79 Å². The standard InChI is InChI=1S/C12H19N5O/c1-9-7-10(16-12(13-2)15-9)14-8-11(18)17-5-3-4-6-17/h7H,3-6,8H2,1-2H3,(H2,13,14,15,16). The number of amides is 1. The SMILES string of the molecule is CNc1nc(C)cc(NCC(=O)N2CCCC2)n1. The Bertz CT molecular complexity index is 428. The molecule has 1 aliphatic rings. The second kappa shape index (κ2) is 5.66. The maximum Gasteiger partial charge on any atom is 0.241 e. The number of rotatable bonds is 4. The van der Waals surface area contributed by atoms with Gasteiger partial charge in [0.25, 0.3) is 0 Å². The zero-order valence-electron chi connectivity index (χ0n) is 10.9. The highest BCUT2D eigenvalue weighted by molar-refractivity contribution is 5.80. The zero-order valence-corrected chi connectivity index (χ0v) is 10.9. The first kappa shape index (κ1) is 12.6. The van der Waals surface area contributed by atoms with E-state index in [9.17, 15) is 4.79 Å². The second-order valence-corrected chi connectivity index (χ2v) is 4.41. The Balaban J connectivity index is 1.92. The normalized spacial score (nSPS) is 14.7. The first-order chi connectivity index (χ1) is 8.69. The third kappa shape index (κ3) is 3.09. The molecule has 6 nitrogen and oxygen atoms in total. The molecule has 1 aromatic rings. The predicted octanol–water partition coefficient (Wildman–Crippen LogP) is 0.861. The molecule has 0 saturated carbocycles. The van der Waals surface area contributed by atoms with Crippen LogP contribution in [0, 0.1) is 6.92 Å². The van der Waals surface area contributed by atoms with E-state index in [1.165, 1.54) is 0 Å². The smallest absolute Gasteiger partial charge is 0.241 e. The lowest BCUT2D eigenvalue weighted by atomic mass is 10.4. The highest BCUT2D eigenvalue weighted by atomic mass is 16.2. The van der Waals surface area contributed by atoms with E-state index in [0.29, 0.717) is 18.3 Å². The Morgan fingerprint density at radius 2 is 2.11 bits per heavy atom. The average Bonchev–Trinajstić information content (AvgIpc) is 2.89. The quantitative estimate of drug-likeness (QED) is 0.828. The lowest BCUT2D eigenvalue weighted by Crippen LogP contribution is -2.33. The molecule has 98 valence electrons. The van der Waals surface area contributed by atoms with Crippen molar-refractivity contribution in [3.63, 3.8) is 0 Å². The maximum atomic E-state index is 11.9. The lowest BCUT2D eigenvalue weighted by Gasteiger charge is -2.15. The van der Waals surface area contributed by atoms with Gasteiger partial charge >= 0.3 is 0 Å². The van der Waals surface area contributed by atoms with Crippen molar-refractivity contribution in [3.8, 4) is 0 Å². The first-order valence-corrected chi connectivity index (χ1v) is 6.24. The van der Waals surface area contributed by atoms with Crippen LogP contribution in [0.4, 0.5) is 11.8 Å². The van der Waals surface area contributed by atoms with E-state index in [1.807, 2.05) is 17.9 Å². The molecular weight excluding hydrogens is 230 g/mol. The van der Waals surface area contributed by atoms with Crippen LogP contribution >= 0.6 is 0 Å². The van der Waals surface area contributed by atoms with E-state index in [4.69, 9.17) is 0 Å². The van der Waals surface area contributed by atoms with Gasteiger partial charge in [-0.2, -0.15) is 4.98 Å². The summed E-state index contributed by atoms with van der Waals surface area (Å²) in [5.41, 5.74) is 0.866. The van der Waals surface area contributed by atoms with Crippen LogP contribution < -0.4 is 10.6 Å². The van der Waals surface area contributed by atoms with Crippen LogP contribution in [0.15, 0.2) is 6.07 Å². The van der Waals surface area contributed by atoms with E-state index in [2.05, 4.69) is 20.6 Å². The monoisotopic (exact) mass is 249 g/mol. The van der Waals surface area contributed by atoms with Crippen molar-refractivity contribution in [1.29, 1.82) is 0 Å². The number of hydrogen-bond acceptors (Lipinski definition) is 5. The summed E-state index contributed by atoms with van der Waals surface area (Å²) >= 11 is 0. The van der Waals surface area contributed by atoms with Gasteiger partial charge in [-0.1, -0.05) is 0 Å². The fourth-order valence-electron chi connectivity index (χ4n) is 2.02. The number of nitrogens with one attached hydrogen (secondary N) is 2. The number of likely N-dealkylation sites (tertiary alicyclic amines) is 1. The summed E-state index contributed by atoms with van der Waals surface area (Å²) in [7, 11) is 1.77. The number of hydrogen-bond donors (Lipinski definition) is 2. The van der Waals surface area contributed by atoms with Gasteiger partial charge in [0.1, 0.15) is 5.82 Å². The van der Waals surface area contributed by atoms with Crippen molar-refractivity contribution in [2.45, 2.75) is 19.8 Å². The zero-order chi connectivity index (χ0) is 13.0. The molecule has 0 atom stereocenters. The van der Waals surface area contributed by atoms with Crippen molar-refractivity contribution in [3.05, 3.63) is 11.8 Å². The van der Waals surface area contributed by atoms with E-state index in [0.717, 1.165) is 31.6 Å². The van der Waals surface area contributed by atoms with Gasteiger partial charge in [0.2, 0.25) is 11.9 Å². The Morgan fingerprint density at radius 3 is 2.78 bits per heavy atom. The first-order valence-electron chi connectivity index (χ1n) is 6.24. The Hall–Kier alpha value is -1.85. The molecule has 1 aromatic heterocycles. The molecule has 0 radical (unpaired) electrons. The molecule has 0 aromatic carbocycles. The van der Waals surface area contributed by atoms with Gasteiger partial charge < -0.3 is 15.5 Å². The molecule has 1 aliphatic heterocycles. The van der Waals surface area contributed by atoms with Crippen molar-refractivity contribution in [2.75, 3.05) is 37.3 Å². The molecule has 1 amide bonds. The molecule has 0 spiro atoms. The maximum absolute atomic E-state index is 11.9. The summed E-state index contributed by atoms with van der Waals surface area (Å²) in [6.45, 7) is 3.95. The van der Waals surface area contributed by atoms with E-state index >= 15 is 0 Å². The second-order valence-electron chi connectivity index (χ2n) is 4.41. The molecule has 0 aliphatic carbocycles. The summed E-state index contributed by atoms with van der Waals surface area (Å²) in [6.07, 6.45) is 2.23. The number of carbonyl (C=O) groups is 1. The van der Waals surface area contributed by atoms with Crippen molar-refractivity contribution < 1.29 is 4.79 Å². The highest BCUT2D eigenvalue weighted by Crippen LogP contribution is 2.10. The van der Waals surface area contributed by atoms with Crippen LogP contribution in [0.5, 0.6) is 0 Å². The van der Waals surface area contributed by atoms with Gasteiger partial charge in [-0.15, -0.1) is 0 Å². The minimum absolute atomic E-state index is 0.134. The minimum atomic E-state index is 0.134. The number of aryl methyl sites for hydroxylation is 1. The van der Waals surface area contributed by atoms with Gasteiger partial charge in [0, 0.05) is 31.9 Å². The summed E-state index contributed by atoms with van der Waals surface area (Å²) in [5, 5.41) is 5.95. The summed E-state index contributed by atoms with van der Waals surface area (Å²) < 4.78 is 0. The van der Waals surface area contributed by atoms with Gasteiger partial charge in [-0.3, -0.25) is 4.79 Å². The molecule has 0 bridgehead atoms. The van der Waals surface area contributed by atoms with Gasteiger partial charge in [0.15, 0.2) is 0 Å². The topological polar surface area (TPSA) is 70.2 Å². The fourth-order valence-corrected chi connectivity index (χ4v) is 2.02. The Labute approximate surface area is 107 Å². The van der Waals surface area contributed by atoms with E-state index in [1.54, 1.807) is 7.05 Å². The molecule has 2 N–H and O–H groups in total. The van der Waals surface area contributed by atoms with Gasteiger partial charge in [-0.05, 0) is 19.8 Å². The Morgan fingerprint density at radius 1 is 1.39 bits per heavy atom. The number of nitrogens with zero attached hydrogens (tertiary/aromatic N) is 3. The average molecular weight is 249 g/mol. The molecule has 6 heteroatoms. The predicted molar refractivity (Wildman–Crippen MR) is 70.6 cm³/mol. The van der Waals surface area contributed by atoms with Crippen LogP contribution in [0.3, 0.4) is 0 Å². The van der Waals surface area contributed by atoms with Crippen LogP contribution in [0.2, 0.25) is 0 Å². The number of carbonyl (C=O) groups excluding carboxylic acids is 1.